The van der Waals surface area contributed by atoms with Crippen molar-refractivity contribution in [2.75, 3.05) is 18.4 Å². The fourth-order valence-electron chi connectivity index (χ4n) is 3.04. The topological polar surface area (TPSA) is 41.6 Å². The number of nitrogens with one attached hydrogen (secondary N) is 1. The monoisotopic (exact) mass is 324 g/mol. The van der Waals surface area contributed by atoms with Crippen LogP contribution in [0.15, 0.2) is 54.6 Å². The number of benzene rings is 2. The minimum absolute atomic E-state index is 0.00728. The molecule has 0 unspecified atom stereocenters. The smallest absolute Gasteiger partial charge is 0.238 e. The lowest BCUT2D eigenvalue weighted by Crippen LogP contribution is -2.42. The van der Waals surface area contributed by atoms with Crippen molar-refractivity contribution in [1.82, 2.24) is 4.90 Å². The van der Waals surface area contributed by atoms with E-state index in [4.69, 9.17) is 4.74 Å². The van der Waals surface area contributed by atoms with Gasteiger partial charge in [0, 0.05) is 6.04 Å². The van der Waals surface area contributed by atoms with E-state index >= 15 is 0 Å². The zero-order chi connectivity index (χ0) is 16.8. The molecular weight excluding hydrogens is 300 g/mol. The van der Waals surface area contributed by atoms with Crippen molar-refractivity contribution >= 4 is 11.6 Å². The molecule has 1 amide bonds. The summed E-state index contributed by atoms with van der Waals surface area (Å²) in [5.41, 5.74) is 0.705. The van der Waals surface area contributed by atoms with Crippen LogP contribution in [-0.4, -0.2) is 29.9 Å². The number of ether oxygens (including phenoxy) is 1. The SMILES string of the molecule is C[C@@H]1CCCCN1CC(=O)Nc1ccccc1Oc1ccccc1. The van der Waals surface area contributed by atoms with Gasteiger partial charge in [0.1, 0.15) is 5.75 Å². The van der Waals surface area contributed by atoms with Crippen LogP contribution in [0, 0.1) is 0 Å². The predicted octanol–water partition coefficient (Wildman–Crippen LogP) is 4.29. The summed E-state index contributed by atoms with van der Waals surface area (Å²) in [7, 11) is 0. The Kier molecular flexibility index (Phi) is 5.49. The number of likely N-dealkylation sites (tertiary alicyclic amines) is 1. The van der Waals surface area contributed by atoms with Crippen molar-refractivity contribution in [2.24, 2.45) is 0 Å². The van der Waals surface area contributed by atoms with Gasteiger partial charge in [-0.1, -0.05) is 36.8 Å². The summed E-state index contributed by atoms with van der Waals surface area (Å²) in [4.78, 5) is 14.7. The minimum Gasteiger partial charge on any atom is -0.455 e. The van der Waals surface area contributed by atoms with Crippen LogP contribution >= 0.6 is 0 Å². The molecule has 4 heteroatoms. The van der Waals surface area contributed by atoms with E-state index in [1.807, 2.05) is 54.6 Å². The van der Waals surface area contributed by atoms with Crippen LogP contribution < -0.4 is 10.1 Å². The number of nitrogens with zero attached hydrogens (tertiary/aromatic N) is 1. The first-order chi connectivity index (χ1) is 11.7. The number of hydrogen-bond donors (Lipinski definition) is 1. The maximum atomic E-state index is 12.4. The van der Waals surface area contributed by atoms with Crippen molar-refractivity contribution in [1.29, 1.82) is 0 Å². The van der Waals surface area contributed by atoms with Crippen LogP contribution in [0.1, 0.15) is 26.2 Å². The molecule has 1 fully saturated rings. The van der Waals surface area contributed by atoms with Crippen molar-refractivity contribution < 1.29 is 9.53 Å². The van der Waals surface area contributed by atoms with Gasteiger partial charge in [0.15, 0.2) is 5.75 Å². The molecule has 2 aromatic rings. The largest absolute Gasteiger partial charge is 0.455 e. The van der Waals surface area contributed by atoms with Gasteiger partial charge in [-0.15, -0.1) is 0 Å². The summed E-state index contributed by atoms with van der Waals surface area (Å²) in [6.07, 6.45) is 3.60. The fourth-order valence-corrected chi connectivity index (χ4v) is 3.04. The van der Waals surface area contributed by atoms with Crippen molar-refractivity contribution in [2.45, 2.75) is 32.2 Å². The number of para-hydroxylation sites is 3. The lowest BCUT2D eigenvalue weighted by molar-refractivity contribution is -0.118. The quantitative estimate of drug-likeness (QED) is 0.892. The third-order valence-corrected chi connectivity index (χ3v) is 4.42. The second-order valence-corrected chi connectivity index (χ2v) is 6.27. The number of rotatable bonds is 5. The van der Waals surface area contributed by atoms with Gasteiger partial charge < -0.3 is 10.1 Å². The van der Waals surface area contributed by atoms with Gasteiger partial charge in [0.25, 0.3) is 0 Å². The highest BCUT2D eigenvalue weighted by Crippen LogP contribution is 2.29. The first-order valence-electron chi connectivity index (χ1n) is 8.58. The average Bonchev–Trinajstić information content (AvgIpc) is 2.60. The first kappa shape index (κ1) is 16.5. The van der Waals surface area contributed by atoms with E-state index in [1.54, 1.807) is 0 Å². The summed E-state index contributed by atoms with van der Waals surface area (Å²) < 4.78 is 5.89. The van der Waals surface area contributed by atoms with Gasteiger partial charge in [-0.2, -0.15) is 0 Å². The van der Waals surface area contributed by atoms with Gasteiger partial charge >= 0.3 is 0 Å². The molecule has 24 heavy (non-hydrogen) atoms. The molecule has 1 aliphatic rings. The number of anilines is 1. The van der Waals surface area contributed by atoms with E-state index in [1.165, 1.54) is 19.3 Å². The van der Waals surface area contributed by atoms with E-state index in [-0.39, 0.29) is 5.91 Å². The van der Waals surface area contributed by atoms with Crippen molar-refractivity contribution in [3.63, 3.8) is 0 Å². The molecule has 1 saturated heterocycles. The van der Waals surface area contributed by atoms with E-state index in [2.05, 4.69) is 17.1 Å². The van der Waals surface area contributed by atoms with Crippen LogP contribution in [0.3, 0.4) is 0 Å². The molecule has 0 saturated carbocycles. The van der Waals surface area contributed by atoms with E-state index in [9.17, 15) is 4.79 Å². The Hall–Kier alpha value is -2.33. The Morgan fingerprint density at radius 3 is 2.67 bits per heavy atom. The van der Waals surface area contributed by atoms with Crippen molar-refractivity contribution in [3.05, 3.63) is 54.6 Å². The molecule has 0 spiro atoms. The standard InChI is InChI=1S/C20H24N2O2/c1-16-9-7-8-14-22(16)15-20(23)21-18-12-5-6-13-19(18)24-17-10-3-2-4-11-17/h2-6,10-13,16H,7-9,14-15H2,1H3,(H,21,23)/t16-/m1/s1. The molecule has 0 bridgehead atoms. The number of amides is 1. The maximum Gasteiger partial charge on any atom is 0.238 e. The fraction of sp³-hybridized carbons (Fsp3) is 0.350. The number of hydrogen-bond acceptors (Lipinski definition) is 3. The highest BCUT2D eigenvalue weighted by atomic mass is 16.5. The van der Waals surface area contributed by atoms with Gasteiger partial charge in [-0.25, -0.2) is 0 Å². The zero-order valence-electron chi connectivity index (χ0n) is 14.1. The Morgan fingerprint density at radius 1 is 1.12 bits per heavy atom. The van der Waals surface area contributed by atoms with E-state index < -0.39 is 0 Å². The number of piperidine rings is 1. The van der Waals surface area contributed by atoms with Gasteiger partial charge in [-0.05, 0) is 50.6 Å². The summed E-state index contributed by atoms with van der Waals surface area (Å²) in [5.74, 6) is 1.42. The molecule has 1 atom stereocenters. The predicted molar refractivity (Wildman–Crippen MR) is 96.5 cm³/mol. The maximum absolute atomic E-state index is 12.4. The molecule has 3 rings (SSSR count). The zero-order valence-corrected chi connectivity index (χ0v) is 14.1. The summed E-state index contributed by atoms with van der Waals surface area (Å²) >= 11 is 0. The molecule has 2 aromatic carbocycles. The normalized spacial score (nSPS) is 18.1. The molecule has 1 heterocycles. The van der Waals surface area contributed by atoms with Crippen molar-refractivity contribution in [3.8, 4) is 11.5 Å². The Balaban J connectivity index is 1.65. The Labute approximate surface area is 143 Å². The van der Waals surface area contributed by atoms with Gasteiger partial charge in [0.05, 0.1) is 12.2 Å². The van der Waals surface area contributed by atoms with Gasteiger partial charge in [-0.3, -0.25) is 9.69 Å². The number of carbonyl (C=O) groups is 1. The molecule has 1 N–H and O–H groups in total. The summed E-state index contributed by atoms with van der Waals surface area (Å²) in [5, 5.41) is 2.99. The Bertz CT molecular complexity index is 672. The van der Waals surface area contributed by atoms with Crippen LogP contribution in [0.5, 0.6) is 11.5 Å². The molecule has 126 valence electrons. The Morgan fingerprint density at radius 2 is 1.88 bits per heavy atom. The molecule has 1 aliphatic heterocycles. The summed E-state index contributed by atoms with van der Waals surface area (Å²) in [6, 6.07) is 17.6. The van der Waals surface area contributed by atoms with Crippen LogP contribution in [0.4, 0.5) is 5.69 Å². The van der Waals surface area contributed by atoms with Crippen LogP contribution in [-0.2, 0) is 4.79 Å². The van der Waals surface area contributed by atoms with E-state index in [0.717, 1.165) is 12.3 Å². The lowest BCUT2D eigenvalue weighted by Gasteiger charge is -2.32. The highest BCUT2D eigenvalue weighted by Gasteiger charge is 2.21. The van der Waals surface area contributed by atoms with Crippen LogP contribution in [0.25, 0.3) is 0 Å². The van der Waals surface area contributed by atoms with Gasteiger partial charge in [0.2, 0.25) is 5.91 Å². The second kappa shape index (κ2) is 7.97. The average molecular weight is 324 g/mol. The highest BCUT2D eigenvalue weighted by molar-refractivity contribution is 5.93. The third kappa shape index (κ3) is 4.36. The van der Waals surface area contributed by atoms with Crippen LogP contribution in [0.2, 0.25) is 0 Å². The molecule has 0 radical (unpaired) electrons. The minimum atomic E-state index is 0.00728. The second-order valence-electron chi connectivity index (χ2n) is 6.27. The molecule has 0 aliphatic carbocycles. The number of carbonyl (C=O) groups excluding carboxylic acids is 1. The summed E-state index contributed by atoms with van der Waals surface area (Å²) in [6.45, 7) is 3.62. The van der Waals surface area contributed by atoms with E-state index in [0.29, 0.717) is 24.0 Å². The third-order valence-electron chi connectivity index (χ3n) is 4.42. The molecule has 0 aromatic heterocycles. The molecular formula is C20H24N2O2. The molecule has 4 nitrogen and oxygen atoms in total. The first-order valence-corrected chi connectivity index (χ1v) is 8.58. The lowest BCUT2D eigenvalue weighted by atomic mass is 10.0.